The summed E-state index contributed by atoms with van der Waals surface area (Å²) in [5, 5.41) is 5.08. The van der Waals surface area contributed by atoms with Crippen molar-refractivity contribution < 1.29 is 32.2 Å². The lowest BCUT2D eigenvalue weighted by Gasteiger charge is -2.22. The maximum atomic E-state index is 11.8. The number of methoxy groups -OCH3 is 3. The number of sulfonamides is 1. The molecule has 0 heterocycles. The lowest BCUT2D eigenvalue weighted by atomic mass is 10.2. The van der Waals surface area contributed by atoms with Gasteiger partial charge in [-0.1, -0.05) is 0 Å². The summed E-state index contributed by atoms with van der Waals surface area (Å²) in [5.41, 5.74) is 0.896. The Kier molecular flexibility index (Phi) is 8.46. The molecule has 0 saturated heterocycles. The Hall–Kier alpha value is -2.82. The zero-order chi connectivity index (χ0) is 22.1. The Morgan fingerprint density at radius 3 is 2.07 bits per heavy atom. The number of esters is 1. The number of rotatable bonds is 11. The predicted octanol–water partition coefficient (Wildman–Crippen LogP) is 1.41. The monoisotopic (exact) mass is 438 g/mol. The van der Waals surface area contributed by atoms with Crippen LogP contribution in [0.25, 0.3) is 0 Å². The third-order valence-electron chi connectivity index (χ3n) is 4.23. The van der Waals surface area contributed by atoms with E-state index in [1.807, 2.05) is 17.0 Å². The highest BCUT2D eigenvalue weighted by molar-refractivity contribution is 7.89. The van der Waals surface area contributed by atoms with E-state index in [1.54, 1.807) is 20.3 Å². The Labute approximate surface area is 176 Å². The molecular formula is C20H26N2O7S. The molecule has 0 amide bonds. The van der Waals surface area contributed by atoms with E-state index in [0.29, 0.717) is 30.3 Å². The number of hydrogen-bond donors (Lipinski definition) is 1. The summed E-state index contributed by atoms with van der Waals surface area (Å²) in [7, 11) is 0.719. The summed E-state index contributed by atoms with van der Waals surface area (Å²) in [6.07, 6.45) is 0. The number of nitrogens with two attached hydrogens (primary N) is 1. The molecule has 0 unspecified atom stereocenters. The van der Waals surface area contributed by atoms with Gasteiger partial charge in [0.25, 0.3) is 0 Å². The van der Waals surface area contributed by atoms with Crippen molar-refractivity contribution in [1.82, 2.24) is 4.90 Å². The quantitative estimate of drug-likeness (QED) is 0.523. The van der Waals surface area contributed by atoms with Gasteiger partial charge >= 0.3 is 5.97 Å². The van der Waals surface area contributed by atoms with Crippen molar-refractivity contribution >= 4 is 16.0 Å². The molecule has 0 aliphatic carbocycles. The predicted molar refractivity (Wildman–Crippen MR) is 110 cm³/mol. The van der Waals surface area contributed by atoms with Crippen molar-refractivity contribution in [3.63, 3.8) is 0 Å². The molecule has 0 atom stereocenters. The largest absolute Gasteiger partial charge is 0.497 e. The minimum Gasteiger partial charge on any atom is -0.497 e. The fraction of sp³-hybridized carbons (Fsp3) is 0.350. The van der Waals surface area contributed by atoms with Crippen molar-refractivity contribution in [3.05, 3.63) is 48.0 Å². The molecule has 0 aromatic heterocycles. The molecule has 0 saturated carbocycles. The zero-order valence-electron chi connectivity index (χ0n) is 17.2. The molecule has 0 radical (unpaired) electrons. The Bertz CT molecular complexity index is 924. The first kappa shape index (κ1) is 23.5. The Morgan fingerprint density at radius 2 is 1.57 bits per heavy atom. The smallest absolute Gasteiger partial charge is 0.319 e. The van der Waals surface area contributed by atoms with Gasteiger partial charge in [0.2, 0.25) is 10.0 Å². The molecule has 0 fully saturated rings. The second kappa shape index (κ2) is 10.8. The lowest BCUT2D eigenvalue weighted by Crippen LogP contribution is -2.33. The normalized spacial score (nSPS) is 11.2. The van der Waals surface area contributed by atoms with E-state index in [4.69, 9.17) is 24.1 Å². The zero-order valence-corrected chi connectivity index (χ0v) is 18.0. The number of hydrogen-bond acceptors (Lipinski definition) is 8. The van der Waals surface area contributed by atoms with Gasteiger partial charge in [0.15, 0.2) is 0 Å². The van der Waals surface area contributed by atoms with Gasteiger partial charge in [-0.05, 0) is 42.0 Å². The summed E-state index contributed by atoms with van der Waals surface area (Å²) in [4.78, 5) is 13.7. The van der Waals surface area contributed by atoms with Crippen LogP contribution in [0.5, 0.6) is 17.2 Å². The molecule has 2 aromatic rings. The second-order valence-corrected chi connectivity index (χ2v) is 7.93. The third kappa shape index (κ3) is 7.21. The van der Waals surface area contributed by atoms with Crippen LogP contribution in [0.1, 0.15) is 5.56 Å². The molecule has 0 aliphatic rings. The minimum absolute atomic E-state index is 0.00846. The number of ether oxygens (including phenoxy) is 4. The van der Waals surface area contributed by atoms with Gasteiger partial charge in [-0.2, -0.15) is 0 Å². The van der Waals surface area contributed by atoms with E-state index in [0.717, 1.165) is 5.56 Å². The van der Waals surface area contributed by atoms with Crippen molar-refractivity contribution in [2.24, 2.45) is 5.14 Å². The van der Waals surface area contributed by atoms with Crippen LogP contribution in [0.2, 0.25) is 0 Å². The summed E-state index contributed by atoms with van der Waals surface area (Å²) >= 11 is 0. The van der Waals surface area contributed by atoms with Gasteiger partial charge in [-0.15, -0.1) is 0 Å². The molecule has 9 nitrogen and oxygen atoms in total. The molecule has 0 aliphatic heterocycles. The number of nitrogens with zero attached hydrogens (tertiary/aromatic N) is 1. The fourth-order valence-electron chi connectivity index (χ4n) is 2.70. The molecule has 2 aromatic carbocycles. The Balaban J connectivity index is 2.04. The number of benzene rings is 2. The average molecular weight is 439 g/mol. The van der Waals surface area contributed by atoms with Gasteiger partial charge in [0.1, 0.15) is 23.9 Å². The van der Waals surface area contributed by atoms with E-state index in [-0.39, 0.29) is 24.0 Å². The van der Waals surface area contributed by atoms with Crippen molar-refractivity contribution in [2.75, 3.05) is 41.0 Å². The Morgan fingerprint density at radius 1 is 0.967 bits per heavy atom. The van der Waals surface area contributed by atoms with Crippen LogP contribution in [0, 0.1) is 0 Å². The number of primary sulfonamides is 1. The highest BCUT2D eigenvalue weighted by Gasteiger charge is 2.14. The summed E-state index contributed by atoms with van der Waals surface area (Å²) in [6.45, 7) is 1.21. The van der Waals surface area contributed by atoms with Crippen LogP contribution in [0.3, 0.4) is 0 Å². The van der Waals surface area contributed by atoms with Crippen LogP contribution in [-0.2, 0) is 26.1 Å². The van der Waals surface area contributed by atoms with Gasteiger partial charge in [-0.3, -0.25) is 9.69 Å². The van der Waals surface area contributed by atoms with Crippen LogP contribution in [0.4, 0.5) is 0 Å². The molecular weight excluding hydrogens is 412 g/mol. The van der Waals surface area contributed by atoms with Gasteiger partial charge in [0.05, 0.1) is 32.8 Å². The first-order valence-corrected chi connectivity index (χ1v) is 10.6. The minimum atomic E-state index is -3.75. The number of carbonyl (C=O) groups excluding carboxylic acids is 1. The van der Waals surface area contributed by atoms with Crippen molar-refractivity contribution in [3.8, 4) is 17.2 Å². The van der Waals surface area contributed by atoms with Gasteiger partial charge in [-0.25, -0.2) is 13.6 Å². The highest BCUT2D eigenvalue weighted by Crippen LogP contribution is 2.23. The van der Waals surface area contributed by atoms with E-state index in [9.17, 15) is 13.2 Å². The second-order valence-electron chi connectivity index (χ2n) is 6.37. The standard InChI is InChI=1S/C20H26N2O7S/c1-26-17-10-15(11-18(12-17)27-2)13-22(14-20(23)28-3)8-9-29-16-4-6-19(7-5-16)30(21,24)25/h4-7,10-12H,8-9,13-14H2,1-3H3,(H2,21,24,25). The van der Waals surface area contributed by atoms with E-state index in [2.05, 4.69) is 0 Å². The first-order chi connectivity index (χ1) is 14.2. The van der Waals surface area contributed by atoms with Crippen molar-refractivity contribution in [2.45, 2.75) is 11.4 Å². The highest BCUT2D eigenvalue weighted by atomic mass is 32.2. The van der Waals surface area contributed by atoms with E-state index < -0.39 is 10.0 Å². The molecule has 2 rings (SSSR count). The van der Waals surface area contributed by atoms with Crippen molar-refractivity contribution in [1.29, 1.82) is 0 Å². The maximum Gasteiger partial charge on any atom is 0.319 e. The molecule has 164 valence electrons. The fourth-order valence-corrected chi connectivity index (χ4v) is 3.21. The summed E-state index contributed by atoms with van der Waals surface area (Å²) in [6, 6.07) is 11.3. The molecule has 0 spiro atoms. The molecule has 0 bridgehead atoms. The summed E-state index contributed by atoms with van der Waals surface area (Å²) in [5.74, 6) is 1.41. The summed E-state index contributed by atoms with van der Waals surface area (Å²) < 4.78 is 43.6. The maximum absolute atomic E-state index is 11.8. The first-order valence-electron chi connectivity index (χ1n) is 9.02. The van der Waals surface area contributed by atoms with Gasteiger partial charge in [0, 0.05) is 19.2 Å². The van der Waals surface area contributed by atoms with Crippen LogP contribution < -0.4 is 19.3 Å². The molecule has 10 heteroatoms. The van der Waals surface area contributed by atoms with E-state index in [1.165, 1.54) is 31.4 Å². The lowest BCUT2D eigenvalue weighted by molar-refractivity contribution is -0.142. The molecule has 2 N–H and O–H groups in total. The van der Waals surface area contributed by atoms with Crippen LogP contribution in [0.15, 0.2) is 47.4 Å². The van der Waals surface area contributed by atoms with Crippen LogP contribution >= 0.6 is 0 Å². The van der Waals surface area contributed by atoms with Crippen LogP contribution in [-0.4, -0.2) is 60.3 Å². The van der Waals surface area contributed by atoms with E-state index >= 15 is 0 Å². The third-order valence-corrected chi connectivity index (χ3v) is 5.16. The SMILES string of the molecule is COC(=O)CN(CCOc1ccc(S(N)(=O)=O)cc1)Cc1cc(OC)cc(OC)c1. The number of carbonyl (C=O) groups is 1. The van der Waals surface area contributed by atoms with Gasteiger partial charge < -0.3 is 18.9 Å². The molecule has 30 heavy (non-hydrogen) atoms. The topological polar surface area (TPSA) is 117 Å². The average Bonchev–Trinajstić information content (AvgIpc) is 2.72.